The molecule has 19 heavy (non-hydrogen) atoms. The fourth-order valence-corrected chi connectivity index (χ4v) is 2.72. The summed E-state index contributed by atoms with van der Waals surface area (Å²) in [7, 11) is 2.12. The number of aromatic nitrogens is 1. The van der Waals surface area contributed by atoms with Gasteiger partial charge in [-0.15, -0.1) is 0 Å². The van der Waals surface area contributed by atoms with Crippen LogP contribution in [0.1, 0.15) is 25.3 Å². The van der Waals surface area contributed by atoms with Crippen LogP contribution in [0.15, 0.2) is 12.3 Å². The topological polar surface area (TPSA) is 39.6 Å². The van der Waals surface area contributed by atoms with Gasteiger partial charge in [0.25, 0.3) is 0 Å². The third-order valence-corrected chi connectivity index (χ3v) is 3.73. The molecule has 1 aliphatic heterocycles. The van der Waals surface area contributed by atoms with Crippen molar-refractivity contribution in [3.63, 3.8) is 0 Å². The van der Waals surface area contributed by atoms with Gasteiger partial charge in [-0.2, -0.15) is 0 Å². The third kappa shape index (κ3) is 3.22. The monoisotopic (exact) mass is 267 g/mol. The van der Waals surface area contributed by atoms with E-state index in [4.69, 9.17) is 0 Å². The number of hydrogen-bond donors (Lipinski definition) is 1. The van der Waals surface area contributed by atoms with E-state index in [1.165, 1.54) is 12.3 Å². The largest absolute Gasteiger partial charge is 0.392 e. The maximum absolute atomic E-state index is 13.2. The van der Waals surface area contributed by atoms with Crippen LogP contribution in [-0.4, -0.2) is 47.7 Å². The summed E-state index contributed by atoms with van der Waals surface area (Å²) >= 11 is 0. The van der Waals surface area contributed by atoms with E-state index in [2.05, 4.69) is 28.8 Å². The van der Waals surface area contributed by atoms with Gasteiger partial charge >= 0.3 is 0 Å². The number of nitrogens with zero attached hydrogens (tertiary/aromatic N) is 3. The SMILES string of the molecule is CCC1CN(C)CCCN1c1ncc(F)cc1CO. The van der Waals surface area contributed by atoms with E-state index in [9.17, 15) is 9.50 Å². The van der Waals surface area contributed by atoms with Crippen molar-refractivity contribution in [1.82, 2.24) is 9.88 Å². The van der Waals surface area contributed by atoms with E-state index in [1.807, 2.05) is 0 Å². The Morgan fingerprint density at radius 2 is 2.26 bits per heavy atom. The van der Waals surface area contributed by atoms with Crippen LogP contribution >= 0.6 is 0 Å². The molecule has 1 saturated heterocycles. The molecule has 106 valence electrons. The van der Waals surface area contributed by atoms with Gasteiger partial charge in [-0.3, -0.25) is 0 Å². The van der Waals surface area contributed by atoms with Gasteiger partial charge < -0.3 is 14.9 Å². The Morgan fingerprint density at radius 3 is 2.95 bits per heavy atom. The van der Waals surface area contributed by atoms with E-state index in [1.54, 1.807) is 0 Å². The lowest BCUT2D eigenvalue weighted by Crippen LogP contribution is -2.40. The molecule has 0 aromatic carbocycles. The van der Waals surface area contributed by atoms with E-state index >= 15 is 0 Å². The maximum atomic E-state index is 13.2. The van der Waals surface area contributed by atoms with Gasteiger partial charge in [0, 0.05) is 24.7 Å². The Bertz CT molecular complexity index is 427. The van der Waals surface area contributed by atoms with Crippen molar-refractivity contribution in [1.29, 1.82) is 0 Å². The summed E-state index contributed by atoms with van der Waals surface area (Å²) in [6.45, 7) is 4.90. The fraction of sp³-hybridized carbons (Fsp3) is 0.643. The van der Waals surface area contributed by atoms with Gasteiger partial charge in [0.1, 0.15) is 11.6 Å². The van der Waals surface area contributed by atoms with Gasteiger partial charge in [-0.1, -0.05) is 6.92 Å². The number of likely N-dealkylation sites (N-methyl/N-ethyl adjacent to an activating group) is 1. The van der Waals surface area contributed by atoms with E-state index in [0.29, 0.717) is 11.6 Å². The highest BCUT2D eigenvalue weighted by molar-refractivity contribution is 5.48. The maximum Gasteiger partial charge on any atom is 0.142 e. The molecule has 1 fully saturated rings. The predicted molar refractivity (Wildman–Crippen MR) is 73.7 cm³/mol. The van der Waals surface area contributed by atoms with Crippen LogP contribution in [0.3, 0.4) is 0 Å². The summed E-state index contributed by atoms with van der Waals surface area (Å²) < 4.78 is 13.2. The molecule has 4 nitrogen and oxygen atoms in total. The first kappa shape index (κ1) is 14.2. The second-order valence-electron chi connectivity index (χ2n) is 5.17. The Kier molecular flexibility index (Phi) is 4.71. The summed E-state index contributed by atoms with van der Waals surface area (Å²) in [5.74, 6) is 0.332. The minimum Gasteiger partial charge on any atom is -0.392 e. The summed E-state index contributed by atoms with van der Waals surface area (Å²) in [4.78, 5) is 8.74. The second kappa shape index (κ2) is 6.30. The number of halogens is 1. The number of rotatable bonds is 3. The van der Waals surface area contributed by atoms with Crippen LogP contribution in [0.5, 0.6) is 0 Å². The smallest absolute Gasteiger partial charge is 0.142 e. The Morgan fingerprint density at radius 1 is 1.47 bits per heavy atom. The molecule has 2 heterocycles. The number of aliphatic hydroxyl groups excluding tert-OH is 1. The molecule has 0 saturated carbocycles. The zero-order valence-electron chi connectivity index (χ0n) is 11.6. The van der Waals surface area contributed by atoms with Crippen LogP contribution in [0.4, 0.5) is 10.2 Å². The Labute approximate surface area is 113 Å². The first-order chi connectivity index (χ1) is 9.15. The number of pyridine rings is 1. The molecule has 0 radical (unpaired) electrons. The zero-order chi connectivity index (χ0) is 13.8. The van der Waals surface area contributed by atoms with Crippen LogP contribution in [0, 0.1) is 5.82 Å². The van der Waals surface area contributed by atoms with Gasteiger partial charge in [-0.25, -0.2) is 9.37 Å². The van der Waals surface area contributed by atoms with Crippen molar-refractivity contribution in [3.8, 4) is 0 Å². The number of aliphatic hydroxyl groups is 1. The number of hydrogen-bond acceptors (Lipinski definition) is 4. The molecule has 0 aliphatic carbocycles. The summed E-state index contributed by atoms with van der Waals surface area (Å²) in [5, 5.41) is 9.41. The molecular weight excluding hydrogens is 245 g/mol. The average Bonchev–Trinajstić information content (AvgIpc) is 2.60. The van der Waals surface area contributed by atoms with Gasteiger partial charge in [0.05, 0.1) is 12.8 Å². The normalized spacial score (nSPS) is 21.5. The van der Waals surface area contributed by atoms with Crippen LogP contribution in [0.2, 0.25) is 0 Å². The standard InChI is InChI=1S/C14H22FN3O/c1-3-13-9-17(2)5-4-6-18(13)14-11(10-19)7-12(15)8-16-14/h7-8,13,19H,3-6,9-10H2,1-2H3. The molecule has 2 rings (SSSR count). The summed E-state index contributed by atoms with van der Waals surface area (Å²) in [5.41, 5.74) is 0.572. The van der Waals surface area contributed by atoms with Crippen LogP contribution in [0.25, 0.3) is 0 Å². The molecule has 1 aromatic heterocycles. The predicted octanol–water partition coefficient (Wildman–Crippen LogP) is 1.63. The summed E-state index contributed by atoms with van der Waals surface area (Å²) in [6, 6.07) is 1.74. The fourth-order valence-electron chi connectivity index (χ4n) is 2.72. The molecule has 1 aliphatic rings. The average molecular weight is 267 g/mol. The first-order valence-corrected chi connectivity index (χ1v) is 6.86. The number of anilines is 1. The third-order valence-electron chi connectivity index (χ3n) is 3.73. The van der Waals surface area contributed by atoms with E-state index < -0.39 is 5.82 Å². The van der Waals surface area contributed by atoms with Gasteiger partial charge in [0.2, 0.25) is 0 Å². The Hall–Kier alpha value is -1.20. The molecule has 0 spiro atoms. The highest BCUT2D eigenvalue weighted by Crippen LogP contribution is 2.24. The molecule has 1 aromatic rings. The minimum atomic E-state index is -0.396. The van der Waals surface area contributed by atoms with Crippen molar-refractivity contribution in [2.24, 2.45) is 0 Å². The van der Waals surface area contributed by atoms with Gasteiger partial charge in [-0.05, 0) is 32.5 Å². The van der Waals surface area contributed by atoms with Crippen LogP contribution in [-0.2, 0) is 6.61 Å². The zero-order valence-corrected chi connectivity index (χ0v) is 11.6. The molecule has 0 amide bonds. The molecule has 5 heteroatoms. The molecule has 0 bridgehead atoms. The molecular formula is C14H22FN3O. The molecule has 1 N–H and O–H groups in total. The molecule has 1 atom stereocenters. The van der Waals surface area contributed by atoms with Crippen molar-refractivity contribution in [3.05, 3.63) is 23.6 Å². The minimum absolute atomic E-state index is 0.178. The van der Waals surface area contributed by atoms with E-state index in [0.717, 1.165) is 38.3 Å². The lowest BCUT2D eigenvalue weighted by atomic mass is 10.1. The highest BCUT2D eigenvalue weighted by atomic mass is 19.1. The van der Waals surface area contributed by atoms with Crippen molar-refractivity contribution >= 4 is 5.82 Å². The molecule has 1 unspecified atom stereocenters. The van der Waals surface area contributed by atoms with E-state index in [-0.39, 0.29) is 6.61 Å². The lowest BCUT2D eigenvalue weighted by molar-refractivity contribution is 0.280. The summed E-state index contributed by atoms with van der Waals surface area (Å²) in [6.07, 6.45) is 3.29. The Balaban J connectivity index is 2.32. The highest BCUT2D eigenvalue weighted by Gasteiger charge is 2.24. The van der Waals surface area contributed by atoms with Crippen molar-refractivity contribution in [2.75, 3.05) is 31.6 Å². The quantitative estimate of drug-likeness (QED) is 0.903. The first-order valence-electron chi connectivity index (χ1n) is 6.86. The van der Waals surface area contributed by atoms with Crippen LogP contribution < -0.4 is 4.90 Å². The van der Waals surface area contributed by atoms with Crippen molar-refractivity contribution < 1.29 is 9.50 Å². The lowest BCUT2D eigenvalue weighted by Gasteiger charge is -2.32. The van der Waals surface area contributed by atoms with Crippen molar-refractivity contribution in [2.45, 2.75) is 32.4 Å². The second-order valence-corrected chi connectivity index (χ2v) is 5.17. The van der Waals surface area contributed by atoms with Gasteiger partial charge in [0.15, 0.2) is 0 Å².